The molecule has 9 rings (SSSR count). The van der Waals surface area contributed by atoms with Gasteiger partial charge >= 0.3 is 0 Å². The molecule has 25 unspecified atom stereocenters. The van der Waals surface area contributed by atoms with E-state index in [9.17, 15) is 20.1 Å². The topological polar surface area (TPSA) is 189 Å². The highest BCUT2D eigenvalue weighted by molar-refractivity contribution is 5.88. The van der Waals surface area contributed by atoms with Crippen molar-refractivity contribution >= 4 is 5.78 Å². The molecule has 9 aliphatic rings. The van der Waals surface area contributed by atoms with Crippen molar-refractivity contribution in [2.45, 2.75) is 248 Å². The van der Waals surface area contributed by atoms with Crippen LogP contribution in [0.3, 0.4) is 0 Å². The van der Waals surface area contributed by atoms with Crippen LogP contribution in [0.25, 0.3) is 0 Å². The summed E-state index contributed by atoms with van der Waals surface area (Å²) >= 11 is 0. The van der Waals surface area contributed by atoms with Gasteiger partial charge in [-0.25, -0.2) is 0 Å². The Labute approximate surface area is 372 Å². The number of ketones is 1. The minimum Gasteiger partial charge on any atom is -0.390 e. The number of carbonyl (C=O) groups is 1. The summed E-state index contributed by atoms with van der Waals surface area (Å²) in [7, 11) is 3.17. The highest BCUT2D eigenvalue weighted by Gasteiger charge is 2.70. The molecule has 360 valence electrons. The SMILES string of the molecule is COC1CC(OC2C(C)OC(OC3C(O)CC(OC4C(O)CC(OC5CCC6(C)C(CCC78OC(C)C9CCC(=O)C9(C)C(CC76)O8)C5)OC4C)OC3C)CC2OC)OC(C)C1O. The summed E-state index contributed by atoms with van der Waals surface area (Å²) < 4.78 is 75.7. The lowest BCUT2D eigenvalue weighted by molar-refractivity contribution is -0.346. The molecule has 6 heterocycles. The van der Waals surface area contributed by atoms with E-state index < -0.39 is 104 Å². The van der Waals surface area contributed by atoms with Crippen molar-refractivity contribution in [1.29, 1.82) is 0 Å². The third kappa shape index (κ3) is 8.53. The minimum atomic E-state index is -0.929. The largest absolute Gasteiger partial charge is 0.390 e. The summed E-state index contributed by atoms with van der Waals surface area (Å²) in [6.07, 6.45) is -1.85. The van der Waals surface area contributed by atoms with Crippen LogP contribution >= 0.6 is 0 Å². The monoisotopic (exact) mass is 897 g/mol. The number of rotatable bonds is 10. The van der Waals surface area contributed by atoms with Crippen molar-refractivity contribution in [3.8, 4) is 0 Å². The lowest BCUT2D eigenvalue weighted by Crippen LogP contribution is -2.58. The molecule has 3 aliphatic carbocycles. The van der Waals surface area contributed by atoms with E-state index in [1.165, 1.54) is 0 Å². The molecule has 3 N–H and O–H groups in total. The first kappa shape index (κ1) is 47.1. The van der Waals surface area contributed by atoms with E-state index in [1.807, 2.05) is 20.8 Å². The van der Waals surface area contributed by atoms with E-state index in [2.05, 4.69) is 20.8 Å². The Bertz CT molecular complexity index is 1580. The zero-order valence-electron chi connectivity index (χ0n) is 38.8. The molecule has 1 spiro atoms. The first-order valence-corrected chi connectivity index (χ1v) is 24.2. The number of hydrogen-bond acceptors (Lipinski definition) is 16. The van der Waals surface area contributed by atoms with Crippen molar-refractivity contribution in [1.82, 2.24) is 0 Å². The molecule has 63 heavy (non-hydrogen) atoms. The third-order valence-electron chi connectivity index (χ3n) is 17.6. The van der Waals surface area contributed by atoms with Gasteiger partial charge in [0.1, 0.15) is 30.2 Å². The van der Waals surface area contributed by atoms with Crippen LogP contribution < -0.4 is 0 Å². The molecule has 6 saturated heterocycles. The normalized spacial score (nSPS) is 56.0. The molecule has 16 nitrogen and oxygen atoms in total. The average molecular weight is 897 g/mol. The third-order valence-corrected chi connectivity index (χ3v) is 17.6. The lowest BCUT2D eigenvalue weighted by atomic mass is 9.52. The van der Waals surface area contributed by atoms with Gasteiger partial charge in [-0.3, -0.25) is 4.79 Å². The lowest BCUT2D eigenvalue weighted by Gasteiger charge is -2.57. The van der Waals surface area contributed by atoms with Gasteiger partial charge in [0.05, 0.1) is 72.6 Å². The van der Waals surface area contributed by atoms with E-state index in [1.54, 1.807) is 21.1 Å². The molecular weight excluding hydrogens is 821 g/mol. The van der Waals surface area contributed by atoms with Gasteiger partial charge in [-0.15, -0.1) is 0 Å². The average Bonchev–Trinajstić information content (AvgIpc) is 3.75. The molecule has 2 bridgehead atoms. The second-order valence-electron chi connectivity index (χ2n) is 21.2. The molecule has 0 aromatic heterocycles. The fourth-order valence-electron chi connectivity index (χ4n) is 13.9. The Morgan fingerprint density at radius 3 is 1.76 bits per heavy atom. The molecule has 6 aliphatic heterocycles. The van der Waals surface area contributed by atoms with Gasteiger partial charge in [0.15, 0.2) is 30.9 Å². The van der Waals surface area contributed by atoms with Crippen LogP contribution in [0.1, 0.15) is 126 Å². The highest BCUT2D eigenvalue weighted by Crippen LogP contribution is 2.67. The van der Waals surface area contributed by atoms with E-state index >= 15 is 0 Å². The van der Waals surface area contributed by atoms with Gasteiger partial charge in [-0.05, 0) is 91.4 Å². The summed E-state index contributed by atoms with van der Waals surface area (Å²) in [4.78, 5) is 13.3. The molecule has 9 fully saturated rings. The molecule has 0 radical (unpaired) electrons. The van der Waals surface area contributed by atoms with E-state index in [0.717, 1.165) is 44.9 Å². The van der Waals surface area contributed by atoms with Gasteiger partial charge in [0.25, 0.3) is 0 Å². The van der Waals surface area contributed by atoms with Crippen molar-refractivity contribution < 1.29 is 77.0 Å². The Hall–Kier alpha value is -0.930. The molecule has 3 saturated carbocycles. The fourth-order valence-corrected chi connectivity index (χ4v) is 13.9. The zero-order chi connectivity index (χ0) is 44.7. The van der Waals surface area contributed by atoms with Gasteiger partial charge in [-0.2, -0.15) is 0 Å². The van der Waals surface area contributed by atoms with E-state index in [0.29, 0.717) is 31.0 Å². The number of aliphatic hydroxyl groups is 3. The van der Waals surface area contributed by atoms with Crippen LogP contribution in [0, 0.1) is 28.6 Å². The second kappa shape index (κ2) is 18.2. The predicted octanol–water partition coefficient (Wildman–Crippen LogP) is 4.29. The molecule has 0 amide bonds. The van der Waals surface area contributed by atoms with Gasteiger partial charge in [-0.1, -0.05) is 6.92 Å². The summed E-state index contributed by atoms with van der Waals surface area (Å²) in [6.45, 7) is 14.1. The van der Waals surface area contributed by atoms with Gasteiger partial charge in [0, 0.05) is 64.6 Å². The van der Waals surface area contributed by atoms with E-state index in [-0.39, 0.29) is 54.5 Å². The first-order valence-electron chi connectivity index (χ1n) is 24.2. The van der Waals surface area contributed by atoms with Gasteiger partial charge < -0.3 is 72.2 Å². The fraction of sp³-hybridized carbons (Fsp3) is 0.979. The first-order chi connectivity index (χ1) is 30.0. The van der Waals surface area contributed by atoms with Crippen molar-refractivity contribution in [3.63, 3.8) is 0 Å². The smallest absolute Gasteiger partial charge is 0.172 e. The summed E-state index contributed by atoms with van der Waals surface area (Å²) in [6, 6.07) is 0. The zero-order valence-corrected chi connectivity index (χ0v) is 38.8. The van der Waals surface area contributed by atoms with Crippen molar-refractivity contribution in [2.75, 3.05) is 14.2 Å². The number of methoxy groups -OCH3 is 2. The van der Waals surface area contributed by atoms with Crippen LogP contribution in [0.2, 0.25) is 0 Å². The Kier molecular flexibility index (Phi) is 13.6. The number of ether oxygens (including phenoxy) is 12. The Balaban J connectivity index is 0.741. The highest BCUT2D eigenvalue weighted by atomic mass is 16.8. The number of fused-ring (bicyclic) bond motifs is 5. The number of carbonyl (C=O) groups excluding carboxylic acids is 1. The van der Waals surface area contributed by atoms with Crippen LogP contribution in [-0.2, 0) is 61.6 Å². The quantitative estimate of drug-likeness (QED) is 0.264. The number of hydrogen-bond donors (Lipinski definition) is 3. The van der Waals surface area contributed by atoms with Crippen molar-refractivity contribution in [2.24, 2.45) is 28.6 Å². The summed E-state index contributed by atoms with van der Waals surface area (Å²) in [5.74, 6) is 0.587. The van der Waals surface area contributed by atoms with Crippen LogP contribution in [0.4, 0.5) is 0 Å². The Morgan fingerprint density at radius 2 is 1.14 bits per heavy atom. The van der Waals surface area contributed by atoms with Gasteiger partial charge in [0.2, 0.25) is 0 Å². The Morgan fingerprint density at radius 1 is 0.587 bits per heavy atom. The maximum atomic E-state index is 13.3. The van der Waals surface area contributed by atoms with Crippen LogP contribution in [-0.4, -0.2) is 158 Å². The van der Waals surface area contributed by atoms with E-state index in [4.69, 9.17) is 56.8 Å². The molecular formula is C47H76O16. The number of aliphatic hydroxyl groups excluding tert-OH is 3. The van der Waals surface area contributed by atoms with Crippen molar-refractivity contribution in [3.05, 3.63) is 0 Å². The number of Topliss-reactive ketones (excluding diaryl/α,β-unsaturated/α-hetero) is 1. The maximum absolute atomic E-state index is 13.3. The molecule has 16 heteroatoms. The van der Waals surface area contributed by atoms with Crippen LogP contribution in [0.15, 0.2) is 0 Å². The predicted molar refractivity (Wildman–Crippen MR) is 222 cm³/mol. The molecule has 0 aromatic rings. The molecule has 25 atom stereocenters. The molecule has 0 aromatic carbocycles. The maximum Gasteiger partial charge on any atom is 0.172 e. The minimum absolute atomic E-state index is 0.00156. The summed E-state index contributed by atoms with van der Waals surface area (Å²) in [5, 5.41) is 33.2. The van der Waals surface area contributed by atoms with Crippen LogP contribution in [0.5, 0.6) is 0 Å². The summed E-state index contributed by atoms with van der Waals surface area (Å²) in [5.41, 5.74) is -0.464. The second-order valence-corrected chi connectivity index (χ2v) is 21.2. The standard InChI is InChI=1S/C47H76O16/c1-22-29-10-11-35(50)46(29,7)36-21-34-45(6)14-13-28(16-27(45)12-15-47(34,62-22)63-36)58-37-17-30(48)42(24(3)55-37)59-38-18-31(49)43(25(4)56-38)60-40-20-33(53-9)44(26(5)57-40)61-39-19-32(52-8)41(51)23(2)54-39/h22-34,36-44,48-49,51H,10-21H2,1-9H3.